The van der Waals surface area contributed by atoms with Crippen molar-refractivity contribution in [3.8, 4) is 57.1 Å². The fraction of sp³-hybridized carbons (Fsp3) is 0.250. The molecule has 12 aromatic rings. The highest BCUT2D eigenvalue weighted by atomic mass is 16.5. The molecule has 12 aromatic carbocycles. The molecule has 542 valence electrons. The Hall–Kier alpha value is -11.4. The van der Waals surface area contributed by atoms with Crippen molar-refractivity contribution in [2.45, 2.75) is 130 Å². The number of para-hydroxylation sites is 2. The maximum atomic E-state index is 8.57. The molecule has 0 aromatic heterocycles. The van der Waals surface area contributed by atoms with E-state index in [0.717, 1.165) is 154 Å². The Kier molecular flexibility index (Phi) is 26.7. The van der Waals surface area contributed by atoms with Crippen LogP contribution < -0.4 is 48.0 Å². The molecule has 10 nitrogen and oxygen atoms in total. The van der Waals surface area contributed by atoms with E-state index < -0.39 is 0 Å². The van der Waals surface area contributed by atoms with Crippen molar-refractivity contribution in [1.29, 1.82) is 0 Å². The minimum Gasteiger partial charge on any atom is -0.494 e. The first-order valence-electron chi connectivity index (χ1n) is 39.4. The number of anilines is 12. The average Bonchev–Trinajstić information content (AvgIpc) is 0.820. The molecule has 0 atom stereocenters. The summed E-state index contributed by atoms with van der Waals surface area (Å²) in [6.45, 7) is 11.5. The molecule has 0 spiro atoms. The van der Waals surface area contributed by atoms with Crippen LogP contribution in [-0.4, -0.2) is 26.4 Å². The molecule has 0 aliphatic heterocycles. The van der Waals surface area contributed by atoms with Gasteiger partial charge in [-0.2, -0.15) is 0 Å². The van der Waals surface area contributed by atoms with Gasteiger partial charge in [0.05, 0.1) is 29.2 Å². The first kappa shape index (κ1) is 71.6. The van der Waals surface area contributed by atoms with Crippen LogP contribution in [0.3, 0.4) is 0 Å². The second-order valence-corrected chi connectivity index (χ2v) is 26.8. The van der Waals surface area contributed by atoms with E-state index in [0.29, 0.717) is 61.5 Å². The number of hydrogen-bond acceptors (Lipinski definition) is 10. The summed E-state index contributed by atoms with van der Waals surface area (Å²) in [4.78, 5) is 8.81. The van der Waals surface area contributed by atoms with Gasteiger partial charge < -0.3 is 48.0 Å². The van der Waals surface area contributed by atoms with Gasteiger partial charge in [0.1, 0.15) is 46.0 Å². The van der Waals surface area contributed by atoms with E-state index in [-0.39, 0.29) is 0 Å². The summed E-state index contributed by atoms with van der Waals surface area (Å²) in [7, 11) is 0. The fourth-order valence-electron chi connectivity index (χ4n) is 13.1. The SMILES string of the molecule is [3H]c1cccc(N(c2ccc(Oc3cccc(N(c4ccc(-c5ccc(N(c6ccc(Oc7cccc(N(c8cccc([3H])c8)c8cccc(OCCCCCC)c8)c7)cc6)c6cccc(OCCCCCC)c6)cc5)cc4)c4cccc(OCCCCCC)c4)c3)cc2)c2cccc(OCCCCCC)c2)c1. The maximum Gasteiger partial charge on any atom is 0.129 e. The molecule has 0 radical (unpaired) electrons. The summed E-state index contributed by atoms with van der Waals surface area (Å²) in [6.07, 6.45) is 18.1. The van der Waals surface area contributed by atoms with Gasteiger partial charge in [-0.3, -0.25) is 0 Å². The lowest BCUT2D eigenvalue weighted by atomic mass is 10.0. The summed E-state index contributed by atoms with van der Waals surface area (Å²) in [5, 5.41) is 0. The first-order chi connectivity index (χ1) is 53.2. The zero-order valence-corrected chi connectivity index (χ0v) is 62.1. The van der Waals surface area contributed by atoms with Gasteiger partial charge in [0, 0.05) is 105 Å². The predicted molar refractivity (Wildman–Crippen MR) is 442 cm³/mol. The lowest BCUT2D eigenvalue weighted by Gasteiger charge is -2.27. The minimum atomic E-state index is 0.424. The molecule has 0 saturated heterocycles. The number of rotatable bonds is 41. The normalized spacial score (nSPS) is 11.3. The van der Waals surface area contributed by atoms with E-state index >= 15 is 0 Å². The molecular formula is C96H102N4O6. The summed E-state index contributed by atoms with van der Waals surface area (Å²) in [5.41, 5.74) is 13.3. The second-order valence-electron chi connectivity index (χ2n) is 26.8. The quantitative estimate of drug-likeness (QED) is 0.0346. The van der Waals surface area contributed by atoms with Gasteiger partial charge in [-0.15, -0.1) is 0 Å². The number of unbranched alkanes of at least 4 members (excludes halogenated alkanes) is 12. The van der Waals surface area contributed by atoms with Gasteiger partial charge in [0.15, 0.2) is 0 Å². The standard InChI is InChI=1S/C96H102N4O6/c1-5-9-13-23-65-101-91-43-27-37-83(69-91)97(77-33-19-17-20-34-77)81-57-61-89(62-58-81)106-96-48-32-42-88(74-96)100(86-40-30-46-94(72-86)104-68-26-16-12-8-4)80-55-51-76(52-56-80)75-49-53-79(54-50-75)98(84-38-28-44-92(70-84)102-66-24-14-10-6-2)82-59-63-90(64-60-82)105-95-47-31-41-87(73-95)99(78-35-21-18-22-36-78)85-39-29-45-93(71-85)103-67-25-15-11-7-3/h17-22,27-64,69-74H,5-16,23-26,65-68H2,1-4H3/i19T,21T. The maximum absolute atomic E-state index is 8.57. The van der Waals surface area contributed by atoms with Crippen LogP contribution in [0.15, 0.2) is 303 Å². The Labute approximate surface area is 632 Å². The van der Waals surface area contributed by atoms with Crippen LogP contribution in [0.5, 0.6) is 46.0 Å². The van der Waals surface area contributed by atoms with Crippen molar-refractivity contribution in [2.75, 3.05) is 46.0 Å². The molecule has 0 unspecified atom stereocenters. The molecule has 0 aliphatic carbocycles. The Morgan fingerprint density at radius 1 is 0.208 bits per heavy atom. The van der Waals surface area contributed by atoms with Gasteiger partial charge in [0.2, 0.25) is 0 Å². The third kappa shape index (κ3) is 21.0. The highest BCUT2D eigenvalue weighted by Crippen LogP contribution is 2.44. The minimum absolute atomic E-state index is 0.424. The molecule has 106 heavy (non-hydrogen) atoms. The Morgan fingerprint density at radius 2 is 0.443 bits per heavy atom. The molecule has 0 N–H and O–H groups in total. The van der Waals surface area contributed by atoms with Crippen LogP contribution in [0.1, 0.15) is 133 Å². The molecule has 0 fully saturated rings. The van der Waals surface area contributed by atoms with Crippen LogP contribution >= 0.6 is 0 Å². The Balaban J connectivity index is 0.801. The topological polar surface area (TPSA) is 68.3 Å². The summed E-state index contributed by atoms with van der Waals surface area (Å²) >= 11 is 0. The van der Waals surface area contributed by atoms with Crippen molar-refractivity contribution in [2.24, 2.45) is 0 Å². The van der Waals surface area contributed by atoms with Crippen molar-refractivity contribution in [3.63, 3.8) is 0 Å². The lowest BCUT2D eigenvalue weighted by Crippen LogP contribution is -2.11. The number of hydrogen-bond donors (Lipinski definition) is 0. The largest absolute Gasteiger partial charge is 0.494 e. The van der Waals surface area contributed by atoms with E-state index in [1.54, 1.807) is 12.1 Å². The monoisotopic (exact) mass is 1410 g/mol. The predicted octanol–water partition coefficient (Wildman–Crippen LogP) is 28.7. The van der Waals surface area contributed by atoms with Crippen molar-refractivity contribution >= 4 is 68.2 Å². The summed E-state index contributed by atoms with van der Waals surface area (Å²) < 4.78 is 55.9. The van der Waals surface area contributed by atoms with E-state index in [4.69, 9.17) is 31.2 Å². The van der Waals surface area contributed by atoms with E-state index in [1.807, 2.05) is 127 Å². The molecular weight excluding hydrogens is 1310 g/mol. The highest BCUT2D eigenvalue weighted by Gasteiger charge is 2.21. The van der Waals surface area contributed by atoms with Crippen LogP contribution in [0.25, 0.3) is 11.1 Å². The molecule has 10 heteroatoms. The molecule has 0 bridgehead atoms. The molecule has 0 amide bonds. The van der Waals surface area contributed by atoms with Crippen molar-refractivity contribution in [1.82, 2.24) is 0 Å². The van der Waals surface area contributed by atoms with Crippen LogP contribution in [-0.2, 0) is 0 Å². The van der Waals surface area contributed by atoms with Crippen LogP contribution in [0.4, 0.5) is 68.2 Å². The smallest absolute Gasteiger partial charge is 0.129 e. The van der Waals surface area contributed by atoms with Crippen LogP contribution in [0.2, 0.25) is 0 Å². The van der Waals surface area contributed by atoms with Gasteiger partial charge in [-0.1, -0.05) is 202 Å². The van der Waals surface area contributed by atoms with Gasteiger partial charge >= 0.3 is 0 Å². The van der Waals surface area contributed by atoms with Crippen molar-refractivity contribution < 1.29 is 31.2 Å². The zero-order chi connectivity index (χ0) is 74.5. The number of ether oxygens (including phenoxy) is 6. The summed E-state index contributed by atoms with van der Waals surface area (Å²) in [5.74, 6) is 5.99. The third-order valence-corrected chi connectivity index (χ3v) is 18.7. The fourth-order valence-corrected chi connectivity index (χ4v) is 13.1. The average molecular weight is 1410 g/mol. The van der Waals surface area contributed by atoms with Gasteiger partial charge in [0.25, 0.3) is 0 Å². The molecule has 0 aliphatic rings. The first-order valence-corrected chi connectivity index (χ1v) is 38.4. The van der Waals surface area contributed by atoms with Crippen molar-refractivity contribution in [3.05, 3.63) is 303 Å². The van der Waals surface area contributed by atoms with E-state index in [1.165, 1.54) is 51.4 Å². The third-order valence-electron chi connectivity index (χ3n) is 18.7. The van der Waals surface area contributed by atoms with E-state index in [9.17, 15) is 0 Å². The molecule has 0 saturated carbocycles. The Morgan fingerprint density at radius 3 is 0.717 bits per heavy atom. The molecule has 12 rings (SSSR count). The highest BCUT2D eigenvalue weighted by molar-refractivity contribution is 5.83. The molecule has 0 heterocycles. The lowest BCUT2D eigenvalue weighted by molar-refractivity contribution is 0.305. The van der Waals surface area contributed by atoms with Gasteiger partial charge in [-0.25, -0.2) is 0 Å². The van der Waals surface area contributed by atoms with E-state index in [2.05, 4.69) is 199 Å². The summed E-state index contributed by atoms with van der Waals surface area (Å²) in [6, 6.07) is 99.4. The van der Waals surface area contributed by atoms with Gasteiger partial charge in [-0.05, 0) is 207 Å². The second kappa shape index (κ2) is 39.5. The number of benzene rings is 12. The van der Waals surface area contributed by atoms with Crippen LogP contribution in [0, 0.1) is 0 Å². The zero-order valence-electron chi connectivity index (χ0n) is 64.1. The number of nitrogens with zero attached hydrogens (tertiary/aromatic N) is 4. The Bertz CT molecular complexity index is 4730.